The van der Waals surface area contributed by atoms with Gasteiger partial charge in [0, 0.05) is 0 Å². The number of hydrogen-bond acceptors (Lipinski definition) is 8. The Balaban J connectivity index is 1.76. The summed E-state index contributed by atoms with van der Waals surface area (Å²) in [4.78, 5) is 46.1. The Morgan fingerprint density at radius 1 is 1.17 bits per heavy atom. The molecule has 1 atom stereocenters. The van der Waals surface area contributed by atoms with E-state index in [0.717, 1.165) is 16.9 Å². The van der Waals surface area contributed by atoms with Crippen LogP contribution in [0.15, 0.2) is 51.7 Å². The molecule has 0 N–H and O–H groups in total. The number of esters is 1. The Labute approximate surface area is 204 Å². The van der Waals surface area contributed by atoms with Crippen LogP contribution in [0.5, 0.6) is 5.75 Å². The first-order chi connectivity index (χ1) is 16.8. The number of hydrogen-bond donors (Lipinski definition) is 0. The van der Waals surface area contributed by atoms with Crippen molar-refractivity contribution in [2.45, 2.75) is 26.8 Å². The van der Waals surface area contributed by atoms with Gasteiger partial charge >= 0.3 is 5.97 Å². The SMILES string of the molecule is CCOC(=O)c1sc(N2C(=O)c3oc4ccc(C)cc4c(=O)c3[C@H]2c2cccc(OC)c2)nc1C. The molecule has 1 aliphatic heterocycles. The molecule has 0 unspecified atom stereocenters. The summed E-state index contributed by atoms with van der Waals surface area (Å²) in [5.74, 6) is -0.473. The Kier molecular flexibility index (Phi) is 5.64. The predicted molar refractivity (Wildman–Crippen MR) is 132 cm³/mol. The van der Waals surface area contributed by atoms with Gasteiger partial charge in [-0.25, -0.2) is 9.78 Å². The summed E-state index contributed by atoms with van der Waals surface area (Å²) in [6, 6.07) is 11.6. The van der Waals surface area contributed by atoms with E-state index >= 15 is 0 Å². The molecule has 0 spiro atoms. The molecule has 9 heteroatoms. The lowest BCUT2D eigenvalue weighted by Gasteiger charge is -2.22. The Morgan fingerprint density at radius 3 is 2.71 bits per heavy atom. The van der Waals surface area contributed by atoms with Crippen LogP contribution in [-0.4, -0.2) is 30.6 Å². The molecule has 1 amide bonds. The summed E-state index contributed by atoms with van der Waals surface area (Å²) in [6.07, 6.45) is 0. The van der Waals surface area contributed by atoms with Gasteiger partial charge in [-0.05, 0) is 50.6 Å². The van der Waals surface area contributed by atoms with Crippen LogP contribution >= 0.6 is 11.3 Å². The van der Waals surface area contributed by atoms with Gasteiger partial charge in [0.15, 0.2) is 10.6 Å². The number of benzene rings is 2. The number of carbonyl (C=O) groups excluding carboxylic acids is 2. The van der Waals surface area contributed by atoms with E-state index in [2.05, 4.69) is 4.98 Å². The molecule has 35 heavy (non-hydrogen) atoms. The highest BCUT2D eigenvalue weighted by Crippen LogP contribution is 2.43. The zero-order valence-corrected chi connectivity index (χ0v) is 20.4. The fourth-order valence-corrected chi connectivity index (χ4v) is 5.27. The third-order valence-electron chi connectivity index (χ3n) is 5.89. The molecule has 4 aromatic rings. The molecule has 5 rings (SSSR count). The lowest BCUT2D eigenvalue weighted by Crippen LogP contribution is -2.29. The van der Waals surface area contributed by atoms with Gasteiger partial charge in [-0.3, -0.25) is 14.5 Å². The van der Waals surface area contributed by atoms with E-state index in [4.69, 9.17) is 13.9 Å². The van der Waals surface area contributed by atoms with Crippen molar-refractivity contribution in [1.29, 1.82) is 0 Å². The zero-order valence-electron chi connectivity index (χ0n) is 19.6. The number of rotatable bonds is 5. The van der Waals surface area contributed by atoms with Gasteiger partial charge in [0.05, 0.1) is 36.4 Å². The maximum atomic E-state index is 13.7. The summed E-state index contributed by atoms with van der Waals surface area (Å²) in [5, 5.41) is 0.670. The molecule has 0 saturated heterocycles. The average molecular weight is 491 g/mol. The Morgan fingerprint density at radius 2 is 1.97 bits per heavy atom. The molecule has 2 aromatic carbocycles. The van der Waals surface area contributed by atoms with Crippen molar-refractivity contribution in [3.63, 3.8) is 0 Å². The highest BCUT2D eigenvalue weighted by atomic mass is 32.1. The number of thiazole rings is 1. The van der Waals surface area contributed by atoms with Crippen LogP contribution in [0, 0.1) is 13.8 Å². The first-order valence-electron chi connectivity index (χ1n) is 11.0. The number of nitrogens with zero attached hydrogens (tertiary/aromatic N) is 2. The van der Waals surface area contributed by atoms with Crippen LogP contribution in [0.2, 0.25) is 0 Å². The van der Waals surface area contributed by atoms with Gasteiger partial charge in [0.1, 0.15) is 16.2 Å². The minimum atomic E-state index is -0.811. The molecule has 1 aliphatic rings. The second-order valence-electron chi connectivity index (χ2n) is 8.16. The van der Waals surface area contributed by atoms with Crippen molar-refractivity contribution in [3.8, 4) is 5.75 Å². The topological polar surface area (TPSA) is 98.9 Å². The van der Waals surface area contributed by atoms with Crippen LogP contribution in [0.4, 0.5) is 5.13 Å². The van der Waals surface area contributed by atoms with Crippen molar-refractivity contribution in [2.24, 2.45) is 0 Å². The molecule has 0 bridgehead atoms. The minimum Gasteiger partial charge on any atom is -0.497 e. The number of carbonyl (C=O) groups is 2. The fraction of sp³-hybridized carbons (Fsp3) is 0.231. The van der Waals surface area contributed by atoms with Crippen LogP contribution in [0.25, 0.3) is 11.0 Å². The van der Waals surface area contributed by atoms with Gasteiger partial charge in [0.2, 0.25) is 5.76 Å². The lowest BCUT2D eigenvalue weighted by atomic mass is 9.98. The second kappa shape index (κ2) is 8.66. The largest absolute Gasteiger partial charge is 0.497 e. The summed E-state index contributed by atoms with van der Waals surface area (Å²) in [6.45, 7) is 5.51. The van der Waals surface area contributed by atoms with E-state index in [-0.39, 0.29) is 28.5 Å². The summed E-state index contributed by atoms with van der Waals surface area (Å²) in [5.41, 5.74) is 2.28. The maximum absolute atomic E-state index is 13.7. The maximum Gasteiger partial charge on any atom is 0.350 e. The van der Waals surface area contributed by atoms with Gasteiger partial charge < -0.3 is 13.9 Å². The number of amides is 1. The predicted octanol–water partition coefficient (Wildman–Crippen LogP) is 4.80. The molecule has 8 nitrogen and oxygen atoms in total. The molecule has 3 heterocycles. The van der Waals surface area contributed by atoms with Gasteiger partial charge in [-0.1, -0.05) is 35.1 Å². The van der Waals surface area contributed by atoms with E-state index < -0.39 is 17.9 Å². The van der Waals surface area contributed by atoms with Crippen LogP contribution in [0.3, 0.4) is 0 Å². The number of fused-ring (bicyclic) bond motifs is 2. The molecular weight excluding hydrogens is 468 g/mol. The van der Waals surface area contributed by atoms with Crippen LogP contribution < -0.4 is 15.1 Å². The molecule has 178 valence electrons. The monoisotopic (exact) mass is 490 g/mol. The fourth-order valence-electron chi connectivity index (χ4n) is 4.28. The number of ether oxygens (including phenoxy) is 2. The molecule has 0 saturated carbocycles. The van der Waals surface area contributed by atoms with E-state index in [0.29, 0.717) is 32.9 Å². The third kappa shape index (κ3) is 3.68. The van der Waals surface area contributed by atoms with Crippen molar-refractivity contribution in [2.75, 3.05) is 18.6 Å². The van der Waals surface area contributed by atoms with E-state index in [1.54, 1.807) is 51.3 Å². The first kappa shape index (κ1) is 22.8. The summed E-state index contributed by atoms with van der Waals surface area (Å²) < 4.78 is 16.5. The Bertz CT molecular complexity index is 1550. The number of anilines is 1. The van der Waals surface area contributed by atoms with Crippen molar-refractivity contribution in [3.05, 3.63) is 85.7 Å². The Hall–Kier alpha value is -3.98. The molecule has 0 fully saturated rings. The quantitative estimate of drug-likeness (QED) is 0.371. The highest BCUT2D eigenvalue weighted by molar-refractivity contribution is 7.17. The van der Waals surface area contributed by atoms with Gasteiger partial charge in [-0.15, -0.1) is 0 Å². The molecule has 0 aliphatic carbocycles. The lowest BCUT2D eigenvalue weighted by molar-refractivity contribution is 0.0531. The number of aromatic nitrogens is 1. The van der Waals surface area contributed by atoms with Crippen molar-refractivity contribution < 1.29 is 23.5 Å². The molecule has 2 aromatic heterocycles. The summed E-state index contributed by atoms with van der Waals surface area (Å²) >= 11 is 1.04. The van der Waals surface area contributed by atoms with Gasteiger partial charge in [0.25, 0.3) is 5.91 Å². The van der Waals surface area contributed by atoms with Crippen LogP contribution in [0.1, 0.15) is 55.6 Å². The van der Waals surface area contributed by atoms with Crippen molar-refractivity contribution >= 4 is 39.3 Å². The standard InChI is InChI=1S/C26H22N2O6S/c1-5-33-25(31)23-14(3)27-26(35-23)28-20(15-7-6-8-16(12-15)32-4)19-21(29)17-11-13(2)9-10-18(17)34-22(19)24(28)30/h6-12,20H,5H2,1-4H3/t20-/m1/s1. The summed E-state index contributed by atoms with van der Waals surface area (Å²) in [7, 11) is 1.55. The van der Waals surface area contributed by atoms with Gasteiger partial charge in [-0.2, -0.15) is 0 Å². The highest BCUT2D eigenvalue weighted by Gasteiger charge is 2.45. The van der Waals surface area contributed by atoms with Crippen molar-refractivity contribution in [1.82, 2.24) is 4.98 Å². The zero-order chi connectivity index (χ0) is 24.9. The van der Waals surface area contributed by atoms with E-state index in [9.17, 15) is 14.4 Å². The first-order valence-corrected chi connectivity index (χ1v) is 11.8. The third-order valence-corrected chi connectivity index (χ3v) is 7.02. The average Bonchev–Trinajstić information content (AvgIpc) is 3.37. The minimum absolute atomic E-state index is 0.0373. The molecular formula is C26H22N2O6S. The van der Waals surface area contributed by atoms with E-state index in [1.165, 1.54) is 4.90 Å². The smallest absolute Gasteiger partial charge is 0.350 e. The van der Waals surface area contributed by atoms with Crippen LogP contribution in [-0.2, 0) is 4.74 Å². The molecule has 0 radical (unpaired) electrons. The number of aryl methyl sites for hydroxylation is 2. The normalized spacial score (nSPS) is 14.9. The number of methoxy groups -OCH3 is 1. The van der Waals surface area contributed by atoms with E-state index in [1.807, 2.05) is 19.1 Å². The second-order valence-corrected chi connectivity index (χ2v) is 9.14.